The highest BCUT2D eigenvalue weighted by molar-refractivity contribution is 6.62. The molecule has 0 atom stereocenters. The van der Waals surface area contributed by atoms with Gasteiger partial charge in [-0.2, -0.15) is 0 Å². The van der Waals surface area contributed by atoms with Crippen molar-refractivity contribution in [2.75, 3.05) is 20.2 Å². The first-order valence-electron chi connectivity index (χ1n) is 9.93. The zero-order chi connectivity index (χ0) is 19.8. The maximum absolute atomic E-state index is 12.9. The van der Waals surface area contributed by atoms with E-state index in [9.17, 15) is 4.79 Å². The van der Waals surface area contributed by atoms with Crippen LogP contribution in [0, 0.1) is 5.92 Å². The van der Waals surface area contributed by atoms with E-state index < -0.39 is 18.3 Å². The van der Waals surface area contributed by atoms with Gasteiger partial charge in [0.2, 0.25) is 5.91 Å². The molecular formula is C21H32BNO4. The summed E-state index contributed by atoms with van der Waals surface area (Å²) < 4.78 is 17.8. The molecule has 1 aromatic rings. The van der Waals surface area contributed by atoms with E-state index in [-0.39, 0.29) is 5.91 Å². The summed E-state index contributed by atoms with van der Waals surface area (Å²) in [6.45, 7) is 12.1. The molecule has 148 valence electrons. The number of hydrogen-bond donors (Lipinski definition) is 0. The van der Waals surface area contributed by atoms with Crippen molar-refractivity contribution < 1.29 is 18.8 Å². The number of amides is 1. The Kier molecular flexibility index (Phi) is 5.60. The molecule has 5 nitrogen and oxygen atoms in total. The first-order chi connectivity index (χ1) is 12.6. The highest BCUT2D eigenvalue weighted by Crippen LogP contribution is 2.37. The minimum absolute atomic E-state index is 0.160. The lowest BCUT2D eigenvalue weighted by atomic mass is 9.75. The van der Waals surface area contributed by atoms with Crippen LogP contribution in [-0.4, -0.2) is 49.3 Å². The minimum atomic E-state index is -0.481. The van der Waals surface area contributed by atoms with Crippen LogP contribution in [0.5, 0.6) is 5.75 Å². The van der Waals surface area contributed by atoms with E-state index in [0.29, 0.717) is 12.3 Å². The molecule has 6 heteroatoms. The van der Waals surface area contributed by atoms with Crippen molar-refractivity contribution in [2.24, 2.45) is 5.92 Å². The number of nitrogens with zero attached hydrogens (tertiary/aromatic N) is 1. The van der Waals surface area contributed by atoms with Crippen LogP contribution in [0.25, 0.3) is 0 Å². The van der Waals surface area contributed by atoms with Gasteiger partial charge >= 0.3 is 7.12 Å². The Bertz CT molecular complexity index is 679. The fourth-order valence-corrected chi connectivity index (χ4v) is 3.59. The van der Waals surface area contributed by atoms with Crippen molar-refractivity contribution in [3.8, 4) is 5.75 Å². The number of carbonyl (C=O) groups excluding carboxylic acids is 1. The van der Waals surface area contributed by atoms with Gasteiger partial charge in [0.05, 0.1) is 24.7 Å². The molecule has 0 N–H and O–H groups in total. The average molecular weight is 373 g/mol. The van der Waals surface area contributed by atoms with Gasteiger partial charge in [-0.1, -0.05) is 13.0 Å². The van der Waals surface area contributed by atoms with Crippen molar-refractivity contribution in [3.05, 3.63) is 23.8 Å². The molecule has 2 heterocycles. The zero-order valence-electron chi connectivity index (χ0n) is 17.5. The second-order valence-corrected chi connectivity index (χ2v) is 8.89. The van der Waals surface area contributed by atoms with Crippen LogP contribution in [-0.2, 0) is 20.5 Å². The number of rotatable bonds is 4. The molecule has 2 fully saturated rings. The quantitative estimate of drug-likeness (QED) is 0.762. The Morgan fingerprint density at radius 3 is 2.33 bits per heavy atom. The number of hydrogen-bond acceptors (Lipinski definition) is 4. The first kappa shape index (κ1) is 20.2. The van der Waals surface area contributed by atoms with Gasteiger partial charge in [-0.3, -0.25) is 4.79 Å². The van der Waals surface area contributed by atoms with E-state index in [4.69, 9.17) is 14.0 Å². The van der Waals surface area contributed by atoms with Crippen molar-refractivity contribution in [2.45, 2.75) is 65.1 Å². The SMILES string of the molecule is COc1ccc(B2OC(C)(C)C(C)(C)O2)c(CC(=O)N2CCC(C)CC2)c1. The average Bonchev–Trinajstić information content (AvgIpc) is 2.82. The molecule has 1 amide bonds. The third kappa shape index (κ3) is 4.17. The van der Waals surface area contributed by atoms with Gasteiger partial charge in [-0.25, -0.2) is 0 Å². The summed E-state index contributed by atoms with van der Waals surface area (Å²) in [5, 5.41) is 0. The predicted molar refractivity (Wildman–Crippen MR) is 107 cm³/mol. The van der Waals surface area contributed by atoms with Crippen LogP contribution < -0.4 is 10.2 Å². The standard InChI is InChI=1S/C21H32BNO4/c1-15-9-11-23(12-10-15)19(24)14-16-13-17(25-6)7-8-18(16)22-26-20(2,3)21(4,5)27-22/h7-8,13,15H,9-12,14H2,1-6H3. The molecule has 2 aliphatic heterocycles. The lowest BCUT2D eigenvalue weighted by Gasteiger charge is -2.32. The van der Waals surface area contributed by atoms with E-state index in [0.717, 1.165) is 42.7 Å². The van der Waals surface area contributed by atoms with Gasteiger partial charge in [0.15, 0.2) is 0 Å². The Morgan fingerprint density at radius 2 is 1.78 bits per heavy atom. The highest BCUT2D eigenvalue weighted by Gasteiger charge is 2.52. The van der Waals surface area contributed by atoms with Crippen LogP contribution in [0.1, 0.15) is 53.0 Å². The van der Waals surface area contributed by atoms with Crippen LogP contribution in [0.2, 0.25) is 0 Å². The molecule has 0 unspecified atom stereocenters. The monoisotopic (exact) mass is 373 g/mol. The van der Waals surface area contributed by atoms with Crippen molar-refractivity contribution in [3.63, 3.8) is 0 Å². The number of piperidine rings is 1. The molecule has 2 aliphatic rings. The molecule has 0 saturated carbocycles. The van der Waals surface area contributed by atoms with Gasteiger partial charge in [-0.05, 0) is 69.6 Å². The maximum atomic E-state index is 12.9. The Hall–Kier alpha value is -1.53. The molecule has 1 aromatic carbocycles. The molecule has 0 aliphatic carbocycles. The van der Waals surface area contributed by atoms with Gasteiger partial charge < -0.3 is 18.9 Å². The predicted octanol–water partition coefficient (Wildman–Crippen LogP) is 2.80. The van der Waals surface area contributed by atoms with E-state index in [1.807, 2.05) is 50.8 Å². The van der Waals surface area contributed by atoms with Gasteiger partial charge in [0.1, 0.15) is 5.75 Å². The Labute approximate surface area is 163 Å². The Morgan fingerprint density at radius 1 is 1.19 bits per heavy atom. The molecule has 3 rings (SSSR count). The normalized spacial score (nSPS) is 22.1. The smallest absolute Gasteiger partial charge is 0.495 e. The number of benzene rings is 1. The van der Waals surface area contributed by atoms with Crippen molar-refractivity contribution in [1.29, 1.82) is 0 Å². The third-order valence-corrected chi connectivity index (χ3v) is 6.34. The number of carbonyl (C=O) groups is 1. The lowest BCUT2D eigenvalue weighted by molar-refractivity contribution is -0.131. The van der Waals surface area contributed by atoms with Gasteiger partial charge in [-0.15, -0.1) is 0 Å². The fraction of sp³-hybridized carbons (Fsp3) is 0.667. The summed E-state index contributed by atoms with van der Waals surface area (Å²) in [6.07, 6.45) is 2.49. The number of likely N-dealkylation sites (tertiary alicyclic amines) is 1. The third-order valence-electron chi connectivity index (χ3n) is 6.34. The summed E-state index contributed by atoms with van der Waals surface area (Å²) in [4.78, 5) is 14.9. The molecule has 0 spiro atoms. The van der Waals surface area contributed by atoms with Gasteiger partial charge in [0.25, 0.3) is 0 Å². The second kappa shape index (κ2) is 7.48. The lowest BCUT2D eigenvalue weighted by Crippen LogP contribution is -2.41. The minimum Gasteiger partial charge on any atom is -0.497 e. The van der Waals surface area contributed by atoms with E-state index >= 15 is 0 Å². The largest absolute Gasteiger partial charge is 0.497 e. The molecule has 2 saturated heterocycles. The number of ether oxygens (including phenoxy) is 1. The van der Waals surface area contributed by atoms with Crippen LogP contribution in [0.15, 0.2) is 18.2 Å². The van der Waals surface area contributed by atoms with Crippen LogP contribution in [0.3, 0.4) is 0 Å². The maximum Gasteiger partial charge on any atom is 0.495 e. The summed E-state index contributed by atoms with van der Waals surface area (Å²) in [7, 11) is 1.16. The van der Waals surface area contributed by atoms with Crippen LogP contribution in [0.4, 0.5) is 0 Å². The summed E-state index contributed by atoms with van der Waals surface area (Å²) >= 11 is 0. The fourth-order valence-electron chi connectivity index (χ4n) is 3.59. The van der Waals surface area contributed by atoms with Gasteiger partial charge in [0, 0.05) is 13.1 Å². The molecule has 0 aromatic heterocycles. The van der Waals surface area contributed by atoms with E-state index in [1.54, 1.807) is 7.11 Å². The highest BCUT2D eigenvalue weighted by atomic mass is 16.7. The molecule has 0 bridgehead atoms. The summed E-state index contributed by atoms with van der Waals surface area (Å²) in [6, 6.07) is 5.80. The molecule has 0 radical (unpaired) electrons. The number of methoxy groups -OCH3 is 1. The zero-order valence-corrected chi connectivity index (χ0v) is 17.5. The second-order valence-electron chi connectivity index (χ2n) is 8.89. The van der Waals surface area contributed by atoms with Crippen molar-refractivity contribution >= 4 is 18.5 Å². The topological polar surface area (TPSA) is 48.0 Å². The summed E-state index contributed by atoms with van der Waals surface area (Å²) in [5.74, 6) is 1.60. The van der Waals surface area contributed by atoms with E-state index in [1.165, 1.54) is 0 Å². The summed E-state index contributed by atoms with van der Waals surface area (Å²) in [5.41, 5.74) is 0.994. The first-order valence-corrected chi connectivity index (χ1v) is 9.93. The van der Waals surface area contributed by atoms with Crippen molar-refractivity contribution in [1.82, 2.24) is 4.90 Å². The Balaban J connectivity index is 1.83. The van der Waals surface area contributed by atoms with E-state index in [2.05, 4.69) is 6.92 Å². The van der Waals surface area contributed by atoms with Crippen LogP contribution >= 0.6 is 0 Å². The molecular weight excluding hydrogens is 341 g/mol. The molecule has 27 heavy (non-hydrogen) atoms.